The molecule has 0 aliphatic carbocycles. The van der Waals surface area contributed by atoms with Crippen molar-refractivity contribution in [1.82, 2.24) is 15.0 Å². The molecule has 5 aromatic carbocycles. The zero-order valence-electron chi connectivity index (χ0n) is 30.3. The molecule has 0 spiro atoms. The Morgan fingerprint density at radius 3 is 1.75 bits per heavy atom. The largest absolute Gasteiger partial charge is 0.381 e. The molecule has 0 saturated carbocycles. The molecule has 5 heteroatoms. The third-order valence-corrected chi connectivity index (χ3v) is 10.6. The van der Waals surface area contributed by atoms with Gasteiger partial charge in [0.1, 0.15) is 0 Å². The van der Waals surface area contributed by atoms with Crippen molar-refractivity contribution in [3.05, 3.63) is 163 Å². The van der Waals surface area contributed by atoms with E-state index in [9.17, 15) is 0 Å². The summed E-state index contributed by atoms with van der Waals surface area (Å²) >= 11 is 0. The highest BCUT2D eigenvalue weighted by Gasteiger charge is 2.12. The third-order valence-electron chi connectivity index (χ3n) is 10.6. The maximum absolute atomic E-state index is 5.09. The number of hydrogen-bond donors (Lipinski definition) is 1. The second-order valence-electron chi connectivity index (χ2n) is 14.3. The van der Waals surface area contributed by atoms with E-state index in [1.807, 2.05) is 6.21 Å². The van der Waals surface area contributed by atoms with Crippen molar-refractivity contribution in [2.75, 3.05) is 11.9 Å². The lowest BCUT2D eigenvalue weighted by atomic mass is 9.99. The molecule has 1 N–H and O–H groups in total. The van der Waals surface area contributed by atoms with Gasteiger partial charge in [-0.2, -0.15) is 0 Å². The molecule has 5 nitrogen and oxygen atoms in total. The molecule has 0 radical (unpaired) electrons. The van der Waals surface area contributed by atoms with Crippen molar-refractivity contribution in [2.24, 2.45) is 4.99 Å². The SMILES string of the molecule is C=C1N=CCCC/C=C\c2ccc(-c3ccc4cc(-c5ccc6cc(-c7ccc8nc(-c9ccc%10c(c9)C=CCN%10)ccc8c7)ccc6n5)ccc4c3)nc21. The highest BCUT2D eigenvalue weighted by Crippen LogP contribution is 2.33. The topological polar surface area (TPSA) is 63.1 Å². The molecule has 10 rings (SSSR count). The molecule has 2 aliphatic rings. The van der Waals surface area contributed by atoms with Gasteiger partial charge in [0.25, 0.3) is 0 Å². The zero-order chi connectivity index (χ0) is 36.7. The Morgan fingerprint density at radius 1 is 0.473 bits per heavy atom. The first-order chi connectivity index (χ1) is 27.1. The summed E-state index contributed by atoms with van der Waals surface area (Å²) in [7, 11) is 0. The molecule has 0 amide bonds. The smallest absolute Gasteiger partial charge is 0.0959 e. The minimum Gasteiger partial charge on any atom is -0.381 e. The highest BCUT2D eigenvalue weighted by atomic mass is 14.9. The summed E-state index contributed by atoms with van der Waals surface area (Å²) in [6, 6.07) is 45.4. The van der Waals surface area contributed by atoms with Crippen LogP contribution < -0.4 is 5.32 Å². The summed E-state index contributed by atoms with van der Waals surface area (Å²) in [5, 5.41) is 7.95. The lowest BCUT2D eigenvalue weighted by molar-refractivity contribution is 0.905. The van der Waals surface area contributed by atoms with E-state index in [4.69, 9.17) is 15.0 Å². The molecule has 55 heavy (non-hydrogen) atoms. The minimum atomic E-state index is 0.700. The third kappa shape index (κ3) is 6.40. The van der Waals surface area contributed by atoms with Crippen LogP contribution in [0.15, 0.2) is 151 Å². The number of aliphatic imine (C=N–C) groups is 1. The Morgan fingerprint density at radius 2 is 1.04 bits per heavy atom. The Balaban J connectivity index is 0.898. The van der Waals surface area contributed by atoms with Crippen LogP contribution in [0.3, 0.4) is 0 Å². The maximum Gasteiger partial charge on any atom is 0.0959 e. The zero-order valence-corrected chi connectivity index (χ0v) is 30.3. The number of nitrogens with one attached hydrogen (secondary N) is 1. The molecule has 0 unspecified atom stereocenters. The fourth-order valence-electron chi connectivity index (χ4n) is 7.64. The van der Waals surface area contributed by atoms with E-state index in [2.05, 4.69) is 169 Å². The summed E-state index contributed by atoms with van der Waals surface area (Å²) < 4.78 is 0. The van der Waals surface area contributed by atoms with Crippen LogP contribution in [0.5, 0.6) is 0 Å². The number of pyridine rings is 3. The average molecular weight is 708 g/mol. The summed E-state index contributed by atoms with van der Waals surface area (Å²) in [5.74, 6) is 0. The number of nitrogens with zero attached hydrogens (tertiary/aromatic N) is 4. The first kappa shape index (κ1) is 32.7. The molecule has 8 aromatic rings. The van der Waals surface area contributed by atoms with Crippen molar-refractivity contribution < 1.29 is 0 Å². The van der Waals surface area contributed by atoms with Crippen molar-refractivity contribution in [3.63, 3.8) is 0 Å². The van der Waals surface area contributed by atoms with E-state index >= 15 is 0 Å². The van der Waals surface area contributed by atoms with Gasteiger partial charge in [0.2, 0.25) is 0 Å². The van der Waals surface area contributed by atoms with Gasteiger partial charge in [0, 0.05) is 51.5 Å². The van der Waals surface area contributed by atoms with Gasteiger partial charge in [-0.3, -0.25) is 4.99 Å². The van der Waals surface area contributed by atoms with Crippen LogP contribution in [0.2, 0.25) is 0 Å². The average Bonchev–Trinajstić information content (AvgIpc) is 3.24. The number of allylic oxidation sites excluding steroid dienone is 1. The van der Waals surface area contributed by atoms with Crippen LogP contribution in [0.4, 0.5) is 5.69 Å². The Bertz CT molecular complexity index is 2930. The predicted molar refractivity (Wildman–Crippen MR) is 232 cm³/mol. The standard InChI is InChI=1S/C50H37N5/c1-32-50-33(7-4-2-3-5-25-51-32)13-20-49(55-50)40-12-10-34-27-39(11-9-35(34)28-40)47-23-17-41-29-36(14-21-45(41)53-47)37-15-22-46-42(30-37)18-24-48(54-46)43-16-19-44-38(31-43)8-6-26-52-44/h4,6-25,27-31,52H,1-3,5,26H2/b7-4-,51-25?. The quantitative estimate of drug-likeness (QED) is 0.198. The van der Waals surface area contributed by atoms with Gasteiger partial charge in [-0.25, -0.2) is 15.0 Å². The minimum absolute atomic E-state index is 0.700. The Hall–Kier alpha value is -6.98. The Labute approximate surface area is 320 Å². The van der Waals surface area contributed by atoms with Crippen molar-refractivity contribution in [3.8, 4) is 44.9 Å². The van der Waals surface area contributed by atoms with Gasteiger partial charge < -0.3 is 5.32 Å². The maximum atomic E-state index is 5.09. The fraction of sp³-hybridized carbons (Fsp3) is 0.0800. The van der Waals surface area contributed by atoms with Gasteiger partial charge in [-0.05, 0) is 113 Å². The van der Waals surface area contributed by atoms with E-state index < -0.39 is 0 Å². The summed E-state index contributed by atoms with van der Waals surface area (Å²) in [5.41, 5.74) is 15.3. The normalized spacial score (nSPS) is 14.4. The molecule has 0 saturated heterocycles. The second-order valence-corrected chi connectivity index (χ2v) is 14.3. The molecule has 0 atom stereocenters. The van der Waals surface area contributed by atoms with Gasteiger partial charge in [-0.1, -0.05) is 91.5 Å². The van der Waals surface area contributed by atoms with Gasteiger partial charge in [0.05, 0.1) is 39.5 Å². The number of fused-ring (bicyclic) bond motifs is 5. The van der Waals surface area contributed by atoms with E-state index in [0.29, 0.717) is 5.70 Å². The molecular formula is C50H37N5. The van der Waals surface area contributed by atoms with Crippen LogP contribution in [0, 0.1) is 0 Å². The molecule has 3 aromatic heterocycles. The van der Waals surface area contributed by atoms with Crippen molar-refractivity contribution in [1.29, 1.82) is 0 Å². The number of anilines is 1. The number of hydrogen-bond acceptors (Lipinski definition) is 5. The molecule has 2 aliphatic heterocycles. The van der Waals surface area contributed by atoms with Gasteiger partial charge >= 0.3 is 0 Å². The molecule has 0 fully saturated rings. The van der Waals surface area contributed by atoms with Crippen molar-refractivity contribution >= 4 is 62.3 Å². The monoisotopic (exact) mass is 707 g/mol. The van der Waals surface area contributed by atoms with Crippen LogP contribution >= 0.6 is 0 Å². The second kappa shape index (κ2) is 13.8. The van der Waals surface area contributed by atoms with Crippen LogP contribution in [-0.4, -0.2) is 27.7 Å². The summed E-state index contributed by atoms with van der Waals surface area (Å²) in [6.45, 7) is 5.08. The van der Waals surface area contributed by atoms with Crippen LogP contribution in [0.1, 0.15) is 36.1 Å². The van der Waals surface area contributed by atoms with Crippen LogP contribution in [-0.2, 0) is 0 Å². The Kier molecular flexibility index (Phi) is 8.18. The fourth-order valence-corrected chi connectivity index (χ4v) is 7.64. The lowest BCUT2D eigenvalue weighted by Crippen LogP contribution is -2.04. The highest BCUT2D eigenvalue weighted by molar-refractivity contribution is 5.93. The number of rotatable bonds is 4. The van der Waals surface area contributed by atoms with Gasteiger partial charge in [0.15, 0.2) is 0 Å². The van der Waals surface area contributed by atoms with Gasteiger partial charge in [-0.15, -0.1) is 0 Å². The summed E-state index contributed by atoms with van der Waals surface area (Å²) in [6.07, 6.45) is 13.7. The van der Waals surface area contributed by atoms with Crippen LogP contribution in [0.25, 0.3) is 95.3 Å². The predicted octanol–water partition coefficient (Wildman–Crippen LogP) is 12.7. The van der Waals surface area contributed by atoms with E-state index in [-0.39, 0.29) is 0 Å². The first-order valence-corrected chi connectivity index (χ1v) is 18.9. The lowest BCUT2D eigenvalue weighted by Gasteiger charge is -2.14. The number of aromatic nitrogens is 3. The number of benzene rings is 5. The molecular weight excluding hydrogens is 671 g/mol. The van der Waals surface area contributed by atoms with Crippen molar-refractivity contribution in [2.45, 2.75) is 19.3 Å². The summed E-state index contributed by atoms with van der Waals surface area (Å²) in [4.78, 5) is 19.7. The van der Waals surface area contributed by atoms with E-state index in [0.717, 1.165) is 115 Å². The molecule has 0 bridgehead atoms. The first-order valence-electron chi connectivity index (χ1n) is 18.9. The molecule has 262 valence electrons. The molecule has 5 heterocycles. The van der Waals surface area contributed by atoms with E-state index in [1.54, 1.807) is 0 Å². The van der Waals surface area contributed by atoms with E-state index in [1.165, 1.54) is 11.3 Å².